The topological polar surface area (TPSA) is 102 Å². The van der Waals surface area contributed by atoms with Crippen molar-refractivity contribution in [2.24, 2.45) is 0 Å². The van der Waals surface area contributed by atoms with E-state index in [-0.39, 0.29) is 19.4 Å². The number of hydrogen-bond donors (Lipinski definition) is 2. The molecule has 0 heterocycles. The maximum Gasteiger partial charge on any atom is 0.303 e. The van der Waals surface area contributed by atoms with E-state index < -0.39 is 11.9 Å². The minimum atomic E-state index is -0.860. The molecule has 0 aliphatic carbocycles. The lowest BCUT2D eigenvalue weighted by atomic mass is 9.97. The number of carboxylic acids is 2. The highest BCUT2D eigenvalue weighted by atomic mass is 35.5. The first-order valence-electron chi connectivity index (χ1n) is 14.6. The summed E-state index contributed by atoms with van der Waals surface area (Å²) in [7, 11) is 0. The third kappa shape index (κ3) is 11.7. The fourth-order valence-corrected chi connectivity index (χ4v) is 4.85. The average molecular weight is 597 g/mol. The van der Waals surface area contributed by atoms with Crippen LogP contribution in [0.3, 0.4) is 0 Å². The molecule has 0 saturated heterocycles. The third-order valence-electron chi connectivity index (χ3n) is 6.84. The molecule has 226 valence electrons. The smallest absolute Gasteiger partial charge is 0.303 e. The molecule has 3 aromatic carbocycles. The van der Waals surface area contributed by atoms with Crippen LogP contribution in [0.1, 0.15) is 68.6 Å². The van der Waals surface area contributed by atoms with Crippen molar-refractivity contribution < 1.29 is 34.0 Å². The van der Waals surface area contributed by atoms with Crippen LogP contribution >= 0.6 is 11.6 Å². The first-order chi connectivity index (χ1) is 20.4. The molecule has 8 heteroatoms. The van der Waals surface area contributed by atoms with Gasteiger partial charge in [-0.3, -0.25) is 9.59 Å². The molecule has 0 radical (unpaired) electrons. The number of rotatable bonds is 20. The van der Waals surface area contributed by atoms with Crippen molar-refractivity contribution in [2.45, 2.75) is 71.3 Å². The van der Waals surface area contributed by atoms with Crippen molar-refractivity contribution in [1.82, 2.24) is 0 Å². The monoisotopic (exact) mass is 596 g/mol. The first-order valence-corrected chi connectivity index (χ1v) is 15.0. The minimum Gasteiger partial charge on any atom is -0.494 e. The lowest BCUT2D eigenvalue weighted by molar-refractivity contribution is -0.138. The second-order valence-corrected chi connectivity index (χ2v) is 10.6. The number of aryl methyl sites for hydroxylation is 1. The standard InChI is InChI=1S/C34H41ClO7/c1-2-40-24-25-21-28(26-13-15-29(35)16-14-26)23-30(22-25)41-19-6-4-3-5-9-27-10-7-11-32(31(27)17-18-34(38)39)42-20-8-12-33(36)37/h7,10-11,13-16,21-23H,2-6,8-9,12,17-20,24H2,1H3,(H,36,37)(H,38,39). The van der Waals surface area contributed by atoms with Crippen LogP contribution in [0.5, 0.6) is 11.5 Å². The maximum absolute atomic E-state index is 11.2. The summed E-state index contributed by atoms with van der Waals surface area (Å²) in [6, 6.07) is 19.7. The van der Waals surface area contributed by atoms with Gasteiger partial charge in [-0.05, 0) is 103 Å². The van der Waals surface area contributed by atoms with Crippen LogP contribution in [0.4, 0.5) is 0 Å². The Bertz CT molecular complexity index is 1270. The number of aliphatic carboxylic acids is 2. The predicted molar refractivity (Wildman–Crippen MR) is 165 cm³/mol. The number of halogens is 1. The minimum absolute atomic E-state index is 0.0192. The van der Waals surface area contributed by atoms with E-state index in [1.165, 1.54) is 0 Å². The quantitative estimate of drug-likeness (QED) is 0.127. The molecule has 3 aromatic rings. The van der Waals surface area contributed by atoms with E-state index in [1.807, 2.05) is 61.5 Å². The molecule has 0 amide bonds. The average Bonchev–Trinajstić information content (AvgIpc) is 2.97. The van der Waals surface area contributed by atoms with E-state index in [4.69, 9.17) is 30.9 Å². The summed E-state index contributed by atoms with van der Waals surface area (Å²) < 4.78 is 17.6. The molecule has 0 spiro atoms. The van der Waals surface area contributed by atoms with Gasteiger partial charge in [-0.1, -0.05) is 48.7 Å². The van der Waals surface area contributed by atoms with Crippen molar-refractivity contribution in [3.63, 3.8) is 0 Å². The Balaban J connectivity index is 1.50. The number of carbonyl (C=O) groups is 2. The summed E-state index contributed by atoms with van der Waals surface area (Å²) in [5, 5.41) is 18.8. The van der Waals surface area contributed by atoms with E-state index in [0.29, 0.717) is 43.4 Å². The van der Waals surface area contributed by atoms with Crippen LogP contribution < -0.4 is 9.47 Å². The van der Waals surface area contributed by atoms with Gasteiger partial charge in [0.2, 0.25) is 0 Å². The Morgan fingerprint density at radius 3 is 2.24 bits per heavy atom. The highest BCUT2D eigenvalue weighted by Gasteiger charge is 2.12. The van der Waals surface area contributed by atoms with Gasteiger partial charge in [0, 0.05) is 24.5 Å². The molecule has 42 heavy (non-hydrogen) atoms. The van der Waals surface area contributed by atoms with Crippen molar-refractivity contribution in [1.29, 1.82) is 0 Å². The predicted octanol–water partition coefficient (Wildman–Crippen LogP) is 7.99. The van der Waals surface area contributed by atoms with Crippen LogP contribution in [0, 0.1) is 0 Å². The molecule has 0 aliphatic heterocycles. The highest BCUT2D eigenvalue weighted by molar-refractivity contribution is 6.30. The second-order valence-electron chi connectivity index (χ2n) is 10.2. The van der Waals surface area contributed by atoms with Crippen LogP contribution in [0.15, 0.2) is 60.7 Å². The Morgan fingerprint density at radius 1 is 0.762 bits per heavy atom. The zero-order chi connectivity index (χ0) is 30.2. The Labute approximate surface area is 253 Å². The van der Waals surface area contributed by atoms with Crippen molar-refractivity contribution >= 4 is 23.5 Å². The molecular weight excluding hydrogens is 556 g/mol. The number of unbranched alkanes of at least 4 members (excludes halogenated alkanes) is 3. The van der Waals surface area contributed by atoms with Gasteiger partial charge in [0.15, 0.2) is 0 Å². The van der Waals surface area contributed by atoms with Gasteiger partial charge in [0.05, 0.1) is 19.8 Å². The summed E-state index contributed by atoms with van der Waals surface area (Å²) in [5.41, 5.74) is 5.18. The maximum atomic E-state index is 11.2. The van der Waals surface area contributed by atoms with Gasteiger partial charge >= 0.3 is 11.9 Å². The number of benzene rings is 3. The van der Waals surface area contributed by atoms with E-state index in [1.54, 1.807) is 0 Å². The largest absolute Gasteiger partial charge is 0.494 e. The van der Waals surface area contributed by atoms with Gasteiger partial charge in [-0.25, -0.2) is 0 Å². The molecule has 0 unspecified atom stereocenters. The summed E-state index contributed by atoms with van der Waals surface area (Å²) in [4.78, 5) is 22.0. The van der Waals surface area contributed by atoms with Gasteiger partial charge < -0.3 is 24.4 Å². The Kier molecular flexibility index (Phi) is 14.2. The number of hydrogen-bond acceptors (Lipinski definition) is 5. The van der Waals surface area contributed by atoms with Crippen molar-refractivity contribution in [3.8, 4) is 22.6 Å². The molecule has 2 N–H and O–H groups in total. The zero-order valence-electron chi connectivity index (χ0n) is 24.3. The molecule has 0 aliphatic rings. The molecule has 0 saturated carbocycles. The molecule has 3 rings (SSSR count). The molecule has 0 atom stereocenters. The van der Waals surface area contributed by atoms with Gasteiger partial charge in [0.25, 0.3) is 0 Å². The summed E-state index contributed by atoms with van der Waals surface area (Å²) in [5.74, 6) is -0.246. The summed E-state index contributed by atoms with van der Waals surface area (Å²) >= 11 is 6.07. The molecule has 7 nitrogen and oxygen atoms in total. The normalized spacial score (nSPS) is 10.9. The fraction of sp³-hybridized carbons (Fsp3) is 0.412. The van der Waals surface area contributed by atoms with Crippen LogP contribution in [-0.2, 0) is 33.8 Å². The summed E-state index contributed by atoms with van der Waals surface area (Å²) in [6.45, 7) is 4.05. The van der Waals surface area contributed by atoms with E-state index >= 15 is 0 Å². The number of carboxylic acid groups (broad SMARTS) is 2. The lowest BCUT2D eigenvalue weighted by Crippen LogP contribution is -2.07. The van der Waals surface area contributed by atoms with Crippen LogP contribution in [0.2, 0.25) is 5.02 Å². The van der Waals surface area contributed by atoms with Crippen LogP contribution in [-0.4, -0.2) is 42.0 Å². The fourth-order valence-electron chi connectivity index (χ4n) is 4.72. The molecule has 0 aromatic heterocycles. The molecule has 0 bridgehead atoms. The SMILES string of the molecule is CCOCc1cc(OCCCCCCc2cccc(OCCCC(=O)O)c2CCC(=O)O)cc(-c2ccc(Cl)cc2)c1. The highest BCUT2D eigenvalue weighted by Crippen LogP contribution is 2.29. The van der Waals surface area contributed by atoms with Crippen LogP contribution in [0.25, 0.3) is 11.1 Å². The van der Waals surface area contributed by atoms with Crippen molar-refractivity contribution in [3.05, 3.63) is 82.4 Å². The van der Waals surface area contributed by atoms with Gasteiger partial charge in [0.1, 0.15) is 11.5 Å². The second kappa shape index (κ2) is 18.1. The zero-order valence-corrected chi connectivity index (χ0v) is 25.0. The molecular formula is C34H41ClO7. The van der Waals surface area contributed by atoms with E-state index in [0.717, 1.165) is 65.7 Å². The van der Waals surface area contributed by atoms with Gasteiger partial charge in [-0.2, -0.15) is 0 Å². The summed E-state index contributed by atoms with van der Waals surface area (Å²) in [6.07, 6.45) is 5.59. The van der Waals surface area contributed by atoms with Crippen molar-refractivity contribution in [2.75, 3.05) is 19.8 Å². The Hall–Kier alpha value is -3.55. The van der Waals surface area contributed by atoms with E-state index in [9.17, 15) is 14.7 Å². The third-order valence-corrected chi connectivity index (χ3v) is 7.09. The number of ether oxygens (including phenoxy) is 3. The Morgan fingerprint density at radius 2 is 1.50 bits per heavy atom. The van der Waals surface area contributed by atoms with E-state index in [2.05, 4.69) is 6.07 Å². The van der Waals surface area contributed by atoms with Gasteiger partial charge in [-0.15, -0.1) is 0 Å². The lowest BCUT2D eigenvalue weighted by Gasteiger charge is -2.15. The first kappa shape index (κ1) is 33.0. The molecule has 0 fully saturated rings.